The van der Waals surface area contributed by atoms with E-state index in [0.29, 0.717) is 37.8 Å². The van der Waals surface area contributed by atoms with Crippen molar-refractivity contribution >= 4 is 23.2 Å². The van der Waals surface area contributed by atoms with Gasteiger partial charge in [0.2, 0.25) is 0 Å². The third kappa shape index (κ3) is 3.62. The molecule has 0 aliphatic carbocycles. The summed E-state index contributed by atoms with van der Waals surface area (Å²) in [6.45, 7) is 6.37. The van der Waals surface area contributed by atoms with E-state index < -0.39 is 18.0 Å². The summed E-state index contributed by atoms with van der Waals surface area (Å²) in [5.41, 5.74) is -0.112. The molecule has 3 heterocycles. The van der Waals surface area contributed by atoms with Crippen LogP contribution in [0.1, 0.15) is 44.4 Å². The Kier molecular flexibility index (Phi) is 5.40. The van der Waals surface area contributed by atoms with E-state index in [9.17, 15) is 0 Å². The molecule has 1 aromatic heterocycles. The van der Waals surface area contributed by atoms with Crippen molar-refractivity contribution in [3.05, 3.63) is 21.7 Å². The molecule has 0 spiro atoms. The highest BCUT2D eigenvalue weighted by Gasteiger charge is 2.39. The minimum absolute atomic E-state index is 0.232. The fraction of sp³-hybridized carbons (Fsp3) is 0.733. The predicted molar refractivity (Wildman–Crippen MR) is 84.6 cm³/mol. The molecule has 0 N–H and O–H groups in total. The minimum Gasteiger partial charge on any atom is -0.352 e. The molecule has 2 saturated heterocycles. The number of halogens is 2. The zero-order valence-electron chi connectivity index (χ0n) is 13.2. The first kappa shape index (κ1) is 17.3. The molecular formula is C15H20Cl2N2O4. The highest BCUT2D eigenvalue weighted by Crippen LogP contribution is 2.36. The summed E-state index contributed by atoms with van der Waals surface area (Å²) >= 11 is 12.7. The summed E-state index contributed by atoms with van der Waals surface area (Å²) in [5.74, 6) is 0.471. The molecule has 23 heavy (non-hydrogen) atoms. The molecule has 3 rings (SSSR count). The molecule has 0 aromatic carbocycles. The second-order valence-electron chi connectivity index (χ2n) is 6.12. The van der Waals surface area contributed by atoms with Gasteiger partial charge in [0.05, 0.1) is 37.4 Å². The van der Waals surface area contributed by atoms with Gasteiger partial charge in [-0.1, -0.05) is 23.2 Å². The van der Waals surface area contributed by atoms with Crippen LogP contribution in [0.2, 0.25) is 10.3 Å². The maximum absolute atomic E-state index is 6.34. The van der Waals surface area contributed by atoms with Crippen molar-refractivity contribution in [3.8, 4) is 0 Å². The van der Waals surface area contributed by atoms with Gasteiger partial charge in [-0.15, -0.1) is 0 Å². The molecule has 0 amide bonds. The lowest BCUT2D eigenvalue weighted by Crippen LogP contribution is -2.42. The van der Waals surface area contributed by atoms with Gasteiger partial charge in [-0.05, 0) is 26.7 Å². The molecule has 0 bridgehead atoms. The van der Waals surface area contributed by atoms with Crippen LogP contribution in [0.15, 0.2) is 0 Å². The maximum atomic E-state index is 6.34. The highest BCUT2D eigenvalue weighted by molar-refractivity contribution is 6.34. The Balaban J connectivity index is 1.89. The average molecular weight is 363 g/mol. The zero-order valence-corrected chi connectivity index (χ0v) is 14.7. The number of rotatable bonds is 3. The summed E-state index contributed by atoms with van der Waals surface area (Å²) in [6.07, 6.45) is 0.665. The minimum atomic E-state index is -0.622. The fourth-order valence-electron chi connectivity index (χ4n) is 2.56. The summed E-state index contributed by atoms with van der Waals surface area (Å²) in [7, 11) is 0. The van der Waals surface area contributed by atoms with Crippen molar-refractivity contribution in [2.75, 3.05) is 26.4 Å². The van der Waals surface area contributed by atoms with E-state index in [1.165, 1.54) is 0 Å². The Labute approximate surface area is 145 Å². The third-order valence-electron chi connectivity index (χ3n) is 3.91. The van der Waals surface area contributed by atoms with Gasteiger partial charge in [0, 0.05) is 0 Å². The Bertz CT molecular complexity index is 535. The van der Waals surface area contributed by atoms with Crippen LogP contribution in [0.4, 0.5) is 0 Å². The average Bonchev–Trinajstić information content (AvgIpc) is 2.56. The largest absolute Gasteiger partial charge is 0.352 e. The Hall–Kier alpha value is -0.500. The van der Waals surface area contributed by atoms with E-state index in [1.807, 2.05) is 13.8 Å². The van der Waals surface area contributed by atoms with Gasteiger partial charge in [0.25, 0.3) is 0 Å². The SMILES string of the molecule is CC(C)(c1nc(Cl)c(C2OCCCO2)c(Cl)n1)C1OCCCO1. The number of hydrogen-bond donors (Lipinski definition) is 0. The fourth-order valence-corrected chi connectivity index (χ4v) is 3.13. The normalized spacial score (nSPS) is 21.6. The smallest absolute Gasteiger partial charge is 0.189 e. The van der Waals surface area contributed by atoms with Gasteiger partial charge in [0.1, 0.15) is 16.1 Å². The maximum Gasteiger partial charge on any atom is 0.189 e. The van der Waals surface area contributed by atoms with E-state index >= 15 is 0 Å². The molecule has 0 saturated carbocycles. The predicted octanol–water partition coefficient (Wildman–Crippen LogP) is 3.26. The van der Waals surface area contributed by atoms with Crippen molar-refractivity contribution in [2.24, 2.45) is 0 Å². The first-order chi connectivity index (χ1) is 11.0. The molecule has 128 valence electrons. The van der Waals surface area contributed by atoms with E-state index in [4.69, 9.17) is 42.1 Å². The molecule has 0 unspecified atom stereocenters. The van der Waals surface area contributed by atoms with E-state index in [-0.39, 0.29) is 10.3 Å². The second kappa shape index (κ2) is 7.17. The van der Waals surface area contributed by atoms with Crippen molar-refractivity contribution in [2.45, 2.75) is 44.7 Å². The van der Waals surface area contributed by atoms with E-state index in [0.717, 1.165) is 12.8 Å². The van der Waals surface area contributed by atoms with Gasteiger partial charge in [-0.3, -0.25) is 0 Å². The molecule has 2 fully saturated rings. The van der Waals surface area contributed by atoms with Gasteiger partial charge in [-0.25, -0.2) is 9.97 Å². The number of aromatic nitrogens is 2. The van der Waals surface area contributed by atoms with Crippen LogP contribution in [0.3, 0.4) is 0 Å². The van der Waals surface area contributed by atoms with Crippen molar-refractivity contribution in [1.82, 2.24) is 9.97 Å². The van der Waals surface area contributed by atoms with Gasteiger partial charge in [0.15, 0.2) is 12.6 Å². The van der Waals surface area contributed by atoms with Crippen molar-refractivity contribution in [1.29, 1.82) is 0 Å². The number of hydrogen-bond acceptors (Lipinski definition) is 6. The molecule has 1 aromatic rings. The Morgan fingerprint density at radius 2 is 1.35 bits per heavy atom. The lowest BCUT2D eigenvalue weighted by molar-refractivity contribution is -0.209. The second-order valence-corrected chi connectivity index (χ2v) is 6.83. The van der Waals surface area contributed by atoms with E-state index in [1.54, 1.807) is 0 Å². The quantitative estimate of drug-likeness (QED) is 0.769. The van der Waals surface area contributed by atoms with Crippen LogP contribution in [-0.2, 0) is 24.4 Å². The lowest BCUT2D eigenvalue weighted by Gasteiger charge is -2.35. The Morgan fingerprint density at radius 1 is 0.870 bits per heavy atom. The van der Waals surface area contributed by atoms with Crippen LogP contribution in [0.25, 0.3) is 0 Å². The first-order valence-corrected chi connectivity index (χ1v) is 8.45. The Morgan fingerprint density at radius 3 is 1.87 bits per heavy atom. The summed E-state index contributed by atoms with van der Waals surface area (Å²) < 4.78 is 22.5. The van der Waals surface area contributed by atoms with Gasteiger partial charge < -0.3 is 18.9 Å². The molecule has 6 nitrogen and oxygen atoms in total. The standard InChI is InChI=1S/C15H20Cl2N2O4/c1-15(2,14-22-7-4-8-23-14)13-18-10(16)9(11(17)19-13)12-20-5-3-6-21-12/h12,14H,3-8H2,1-2H3. The topological polar surface area (TPSA) is 62.7 Å². The molecule has 2 aliphatic heterocycles. The van der Waals surface area contributed by atoms with E-state index in [2.05, 4.69) is 9.97 Å². The summed E-state index contributed by atoms with van der Waals surface area (Å²) in [6, 6.07) is 0. The molecule has 0 radical (unpaired) electrons. The van der Waals surface area contributed by atoms with Gasteiger partial charge >= 0.3 is 0 Å². The lowest BCUT2D eigenvalue weighted by atomic mass is 9.91. The number of ether oxygens (including phenoxy) is 4. The summed E-state index contributed by atoms with van der Waals surface area (Å²) in [4.78, 5) is 8.81. The number of nitrogens with zero attached hydrogens (tertiary/aromatic N) is 2. The molecule has 2 aliphatic rings. The zero-order chi connectivity index (χ0) is 16.4. The van der Waals surface area contributed by atoms with Gasteiger partial charge in [-0.2, -0.15) is 0 Å². The van der Waals surface area contributed by atoms with Crippen LogP contribution in [0.5, 0.6) is 0 Å². The molecular weight excluding hydrogens is 343 g/mol. The summed E-state index contributed by atoms with van der Waals surface area (Å²) in [5, 5.41) is 0.464. The molecule has 0 atom stereocenters. The third-order valence-corrected chi connectivity index (χ3v) is 4.48. The van der Waals surface area contributed by atoms with Crippen molar-refractivity contribution < 1.29 is 18.9 Å². The van der Waals surface area contributed by atoms with Crippen LogP contribution in [-0.4, -0.2) is 42.7 Å². The van der Waals surface area contributed by atoms with Crippen LogP contribution in [0, 0.1) is 0 Å². The molecule has 8 heteroatoms. The van der Waals surface area contributed by atoms with Crippen molar-refractivity contribution in [3.63, 3.8) is 0 Å². The van der Waals surface area contributed by atoms with Crippen LogP contribution < -0.4 is 0 Å². The highest BCUT2D eigenvalue weighted by atomic mass is 35.5. The monoisotopic (exact) mass is 362 g/mol. The first-order valence-electron chi connectivity index (χ1n) is 7.70. The van der Waals surface area contributed by atoms with Crippen LogP contribution >= 0.6 is 23.2 Å².